The Hall–Kier alpha value is -1.49. The van der Waals surface area contributed by atoms with Crippen molar-refractivity contribution in [1.29, 1.82) is 5.26 Å². The summed E-state index contributed by atoms with van der Waals surface area (Å²) in [5.74, 6) is 0.701. The van der Waals surface area contributed by atoms with Crippen molar-refractivity contribution >= 4 is 5.69 Å². The zero-order valence-electron chi connectivity index (χ0n) is 10.7. The molecule has 0 bridgehead atoms. The molecule has 1 N–H and O–H groups in total. The maximum atomic E-state index is 9.45. The molecule has 2 atom stereocenters. The minimum absolute atomic E-state index is 0.339. The van der Waals surface area contributed by atoms with Crippen LogP contribution in [0.3, 0.4) is 0 Å². The van der Waals surface area contributed by atoms with Crippen LogP contribution >= 0.6 is 0 Å². The standard InChI is InChI=1S/C15H20N2/c1-3-13-7-8-15(10-13,11-16)17-14-6-4-5-12(2)9-14/h4-6,9,13,17H,3,7-8,10H2,1-2H3. The molecule has 1 aromatic rings. The molecule has 2 heteroatoms. The van der Waals surface area contributed by atoms with Crippen LogP contribution in [0.25, 0.3) is 0 Å². The van der Waals surface area contributed by atoms with Crippen molar-refractivity contribution in [3.05, 3.63) is 29.8 Å². The van der Waals surface area contributed by atoms with E-state index in [9.17, 15) is 5.26 Å². The molecule has 0 amide bonds. The third-order valence-corrected chi connectivity index (χ3v) is 3.81. The highest BCUT2D eigenvalue weighted by Crippen LogP contribution is 2.38. The predicted molar refractivity (Wildman–Crippen MR) is 70.8 cm³/mol. The van der Waals surface area contributed by atoms with E-state index < -0.39 is 0 Å². The molecule has 2 rings (SSSR count). The van der Waals surface area contributed by atoms with Crippen molar-refractivity contribution < 1.29 is 0 Å². The van der Waals surface area contributed by atoms with Crippen molar-refractivity contribution in [2.24, 2.45) is 5.92 Å². The van der Waals surface area contributed by atoms with Gasteiger partial charge in [0, 0.05) is 5.69 Å². The van der Waals surface area contributed by atoms with Crippen LogP contribution in [-0.4, -0.2) is 5.54 Å². The van der Waals surface area contributed by atoms with Crippen LogP contribution in [0, 0.1) is 24.2 Å². The normalized spacial score (nSPS) is 27.7. The third kappa shape index (κ3) is 2.61. The largest absolute Gasteiger partial charge is 0.367 e. The van der Waals surface area contributed by atoms with Gasteiger partial charge >= 0.3 is 0 Å². The van der Waals surface area contributed by atoms with E-state index in [2.05, 4.69) is 37.4 Å². The molecule has 1 aromatic carbocycles. The number of benzene rings is 1. The number of nitrogens with one attached hydrogen (secondary N) is 1. The number of nitriles is 1. The van der Waals surface area contributed by atoms with E-state index in [1.54, 1.807) is 0 Å². The van der Waals surface area contributed by atoms with Crippen LogP contribution in [0.15, 0.2) is 24.3 Å². The summed E-state index contributed by atoms with van der Waals surface area (Å²) in [5, 5.41) is 12.9. The van der Waals surface area contributed by atoms with E-state index in [0.29, 0.717) is 5.92 Å². The van der Waals surface area contributed by atoms with E-state index in [0.717, 1.165) is 18.5 Å². The molecular formula is C15H20N2. The van der Waals surface area contributed by atoms with Crippen molar-refractivity contribution in [3.8, 4) is 6.07 Å². The molecule has 1 aliphatic carbocycles. The molecule has 17 heavy (non-hydrogen) atoms. The average molecular weight is 228 g/mol. The Bertz CT molecular complexity index is 433. The summed E-state index contributed by atoms with van der Waals surface area (Å²) in [6.45, 7) is 4.29. The Morgan fingerprint density at radius 2 is 2.35 bits per heavy atom. The fourth-order valence-corrected chi connectivity index (χ4v) is 2.74. The van der Waals surface area contributed by atoms with Crippen LogP contribution < -0.4 is 5.32 Å². The number of anilines is 1. The number of nitrogens with zero attached hydrogens (tertiary/aromatic N) is 1. The van der Waals surface area contributed by atoms with Gasteiger partial charge in [-0.15, -0.1) is 0 Å². The average Bonchev–Trinajstić information content (AvgIpc) is 2.73. The molecule has 0 spiro atoms. The first-order chi connectivity index (χ1) is 8.17. The van der Waals surface area contributed by atoms with Gasteiger partial charge in [0.1, 0.15) is 5.54 Å². The summed E-state index contributed by atoms with van der Waals surface area (Å²) in [4.78, 5) is 0. The second-order valence-corrected chi connectivity index (χ2v) is 5.21. The number of rotatable bonds is 3. The SMILES string of the molecule is CCC1CCC(C#N)(Nc2cccc(C)c2)C1. The van der Waals surface area contributed by atoms with E-state index in [1.807, 2.05) is 12.1 Å². The van der Waals surface area contributed by atoms with E-state index in [4.69, 9.17) is 0 Å². The second-order valence-electron chi connectivity index (χ2n) is 5.21. The molecule has 1 fully saturated rings. The van der Waals surface area contributed by atoms with Gasteiger partial charge in [0.05, 0.1) is 6.07 Å². The van der Waals surface area contributed by atoms with Gasteiger partial charge in [-0.3, -0.25) is 0 Å². The molecule has 0 saturated heterocycles. The first-order valence-corrected chi connectivity index (χ1v) is 6.43. The summed E-state index contributed by atoms with van der Waals surface area (Å²) in [7, 11) is 0. The Kier molecular flexibility index (Phi) is 3.38. The summed E-state index contributed by atoms with van der Waals surface area (Å²) in [6, 6.07) is 10.8. The molecule has 0 radical (unpaired) electrons. The van der Waals surface area contributed by atoms with Gasteiger partial charge in [0.15, 0.2) is 0 Å². The quantitative estimate of drug-likeness (QED) is 0.852. The number of hydrogen-bond acceptors (Lipinski definition) is 2. The van der Waals surface area contributed by atoms with E-state index in [-0.39, 0.29) is 5.54 Å². The first kappa shape index (κ1) is 12.0. The fourth-order valence-electron chi connectivity index (χ4n) is 2.74. The molecule has 90 valence electrons. The lowest BCUT2D eigenvalue weighted by molar-refractivity contribution is 0.503. The molecule has 0 heterocycles. The molecule has 2 nitrogen and oxygen atoms in total. The van der Waals surface area contributed by atoms with Gasteiger partial charge in [0.25, 0.3) is 0 Å². The van der Waals surface area contributed by atoms with E-state index in [1.165, 1.54) is 18.4 Å². The Labute approximate surface area is 104 Å². The van der Waals surface area contributed by atoms with Crippen molar-refractivity contribution in [1.82, 2.24) is 0 Å². The number of hydrogen-bond donors (Lipinski definition) is 1. The fraction of sp³-hybridized carbons (Fsp3) is 0.533. The maximum Gasteiger partial charge on any atom is 0.125 e. The lowest BCUT2D eigenvalue weighted by atomic mass is 9.96. The van der Waals surface area contributed by atoms with Crippen LogP contribution in [-0.2, 0) is 0 Å². The topological polar surface area (TPSA) is 35.8 Å². The Balaban J connectivity index is 2.14. The molecule has 1 aliphatic rings. The highest BCUT2D eigenvalue weighted by atomic mass is 15.0. The van der Waals surface area contributed by atoms with Gasteiger partial charge in [-0.05, 0) is 49.8 Å². The van der Waals surface area contributed by atoms with Gasteiger partial charge in [-0.25, -0.2) is 0 Å². The summed E-state index contributed by atoms with van der Waals surface area (Å²) in [6.07, 6.45) is 4.30. The maximum absolute atomic E-state index is 9.45. The lowest BCUT2D eigenvalue weighted by Crippen LogP contribution is -2.33. The molecule has 1 saturated carbocycles. The van der Waals surface area contributed by atoms with E-state index >= 15 is 0 Å². The van der Waals surface area contributed by atoms with Crippen LogP contribution in [0.2, 0.25) is 0 Å². The Morgan fingerprint density at radius 1 is 1.53 bits per heavy atom. The Morgan fingerprint density at radius 3 is 2.94 bits per heavy atom. The van der Waals surface area contributed by atoms with Crippen molar-refractivity contribution in [2.75, 3.05) is 5.32 Å². The third-order valence-electron chi connectivity index (χ3n) is 3.81. The van der Waals surface area contributed by atoms with Gasteiger partial charge in [-0.2, -0.15) is 5.26 Å². The monoisotopic (exact) mass is 228 g/mol. The second kappa shape index (κ2) is 4.79. The van der Waals surface area contributed by atoms with Crippen molar-refractivity contribution in [2.45, 2.75) is 45.1 Å². The minimum atomic E-state index is -0.339. The van der Waals surface area contributed by atoms with Crippen molar-refractivity contribution in [3.63, 3.8) is 0 Å². The minimum Gasteiger partial charge on any atom is -0.367 e. The molecular weight excluding hydrogens is 208 g/mol. The summed E-state index contributed by atoms with van der Waals surface area (Å²) >= 11 is 0. The highest BCUT2D eigenvalue weighted by molar-refractivity contribution is 5.50. The molecule has 2 unspecified atom stereocenters. The lowest BCUT2D eigenvalue weighted by Gasteiger charge is -2.24. The van der Waals surface area contributed by atoms with Gasteiger partial charge in [0.2, 0.25) is 0 Å². The zero-order valence-corrected chi connectivity index (χ0v) is 10.7. The zero-order chi connectivity index (χ0) is 12.3. The molecule has 0 aliphatic heterocycles. The summed E-state index contributed by atoms with van der Waals surface area (Å²) < 4.78 is 0. The highest BCUT2D eigenvalue weighted by Gasteiger charge is 2.38. The smallest absolute Gasteiger partial charge is 0.125 e. The first-order valence-electron chi connectivity index (χ1n) is 6.43. The van der Waals surface area contributed by atoms with Crippen LogP contribution in [0.1, 0.15) is 38.2 Å². The van der Waals surface area contributed by atoms with Crippen LogP contribution in [0.5, 0.6) is 0 Å². The predicted octanol–water partition coefficient (Wildman–Crippen LogP) is 3.88. The van der Waals surface area contributed by atoms with Crippen LogP contribution in [0.4, 0.5) is 5.69 Å². The number of aryl methyl sites for hydroxylation is 1. The van der Waals surface area contributed by atoms with Gasteiger partial charge < -0.3 is 5.32 Å². The summed E-state index contributed by atoms with van der Waals surface area (Å²) in [5.41, 5.74) is 1.96. The molecule has 0 aromatic heterocycles. The van der Waals surface area contributed by atoms with Gasteiger partial charge in [-0.1, -0.05) is 25.5 Å².